The lowest BCUT2D eigenvalue weighted by Gasteiger charge is -2.37. The molecule has 0 N–H and O–H groups in total. The normalized spacial score (nSPS) is 12.7. The predicted molar refractivity (Wildman–Crippen MR) is 180 cm³/mol. The van der Waals surface area contributed by atoms with Gasteiger partial charge in [0.1, 0.15) is 6.10 Å². The van der Waals surface area contributed by atoms with Gasteiger partial charge in [0.2, 0.25) is 0 Å². The average Bonchev–Trinajstić information content (AvgIpc) is 2.96. The molecule has 0 aliphatic heterocycles. The second-order valence-electron chi connectivity index (χ2n) is 13.5. The molecule has 5 nitrogen and oxygen atoms in total. The van der Waals surface area contributed by atoms with Crippen molar-refractivity contribution in [3.05, 3.63) is 40.7 Å². The molecule has 238 valence electrons. The summed E-state index contributed by atoms with van der Waals surface area (Å²) in [6.07, 6.45) is 21.6. The maximum atomic E-state index is 9.30. The molecule has 1 rings (SSSR count). The van der Waals surface area contributed by atoms with Gasteiger partial charge in [-0.15, -0.1) is 0 Å². The molecule has 0 spiro atoms. The van der Waals surface area contributed by atoms with Crippen molar-refractivity contribution in [1.82, 2.24) is 0 Å². The first kappa shape index (κ1) is 38.3. The Kier molecular flexibility index (Phi) is 20.8. The van der Waals surface area contributed by atoms with Gasteiger partial charge in [-0.25, -0.2) is 4.85 Å². The van der Waals surface area contributed by atoms with Crippen molar-refractivity contribution in [1.29, 1.82) is 5.26 Å². The second kappa shape index (κ2) is 22.8. The lowest BCUT2D eigenvalue weighted by molar-refractivity contribution is -0.0476. The fraction of sp³-hybridized carbons (Fsp3) is 0.778. The molecule has 1 aromatic carbocycles. The molecular formula is C36H62N2O3Si. The predicted octanol–water partition coefficient (Wildman–Crippen LogP) is 11.3. The van der Waals surface area contributed by atoms with Crippen LogP contribution < -0.4 is 0 Å². The number of ether oxygens (including phenoxy) is 2. The molecular weight excluding hydrogens is 536 g/mol. The Labute approximate surface area is 260 Å². The van der Waals surface area contributed by atoms with Crippen LogP contribution in [0.4, 0.5) is 5.69 Å². The largest absolute Gasteiger partial charge is 0.414 e. The highest BCUT2D eigenvalue weighted by atomic mass is 28.4. The number of hydrogen-bond acceptors (Lipinski definition) is 4. The summed E-state index contributed by atoms with van der Waals surface area (Å²) in [4.78, 5) is 3.49. The quantitative estimate of drug-likeness (QED) is 0.0638. The van der Waals surface area contributed by atoms with E-state index >= 15 is 0 Å². The molecule has 0 aromatic heterocycles. The zero-order valence-electron chi connectivity index (χ0n) is 28.1. The minimum atomic E-state index is -1.92. The van der Waals surface area contributed by atoms with Gasteiger partial charge in [0.05, 0.1) is 32.5 Å². The Hall–Kier alpha value is -1.70. The van der Waals surface area contributed by atoms with Gasteiger partial charge in [0.25, 0.3) is 0 Å². The Bertz CT molecular complexity index is 881. The highest BCUT2D eigenvalue weighted by molar-refractivity contribution is 6.74. The molecule has 42 heavy (non-hydrogen) atoms. The summed E-state index contributed by atoms with van der Waals surface area (Å²) >= 11 is 0. The summed E-state index contributed by atoms with van der Waals surface area (Å²) in [5, 5.41) is 9.42. The lowest BCUT2D eigenvalue weighted by Crippen LogP contribution is -2.43. The summed E-state index contributed by atoms with van der Waals surface area (Å²) in [6.45, 7) is 22.9. The van der Waals surface area contributed by atoms with Crippen LogP contribution in [0.3, 0.4) is 0 Å². The second-order valence-corrected chi connectivity index (χ2v) is 18.3. The Morgan fingerprint density at radius 1 is 0.810 bits per heavy atom. The third-order valence-corrected chi connectivity index (χ3v) is 13.1. The average molecular weight is 599 g/mol. The number of nitrogens with zero attached hydrogens (tertiary/aromatic N) is 2. The van der Waals surface area contributed by atoms with Crippen molar-refractivity contribution < 1.29 is 13.9 Å². The summed E-state index contributed by atoms with van der Waals surface area (Å²) in [5.74, 6) is 0. The number of nitriles is 1. The van der Waals surface area contributed by atoms with Gasteiger partial charge < -0.3 is 13.9 Å². The van der Waals surface area contributed by atoms with Crippen molar-refractivity contribution >= 4 is 14.0 Å². The van der Waals surface area contributed by atoms with Crippen molar-refractivity contribution in [3.8, 4) is 6.07 Å². The Morgan fingerprint density at radius 3 is 1.81 bits per heavy atom. The van der Waals surface area contributed by atoms with Crippen LogP contribution in [0.5, 0.6) is 0 Å². The molecule has 0 amide bonds. The summed E-state index contributed by atoms with van der Waals surface area (Å²) in [5.41, 5.74) is 1.77. The first-order valence-electron chi connectivity index (χ1n) is 16.9. The molecule has 0 unspecified atom stereocenters. The Balaban J connectivity index is 2.27. The molecule has 0 aliphatic rings. The van der Waals surface area contributed by atoms with Crippen LogP contribution in [-0.4, -0.2) is 34.2 Å². The zero-order valence-corrected chi connectivity index (χ0v) is 29.1. The monoisotopic (exact) mass is 598 g/mol. The van der Waals surface area contributed by atoms with Gasteiger partial charge in [-0.05, 0) is 42.2 Å². The standard InChI is InChI=1S/C36H62N2O3Si/c1-8-9-10-11-12-13-14-15-16-17-18-19-20-21-22-23-24-39-30-35(31-41-42(6,7)36(2,3)4)40-29-33-25-32(28-37)26-34(27-33)38-5/h25-27,35H,8-24,29-31H2,1-4,6-7H3/t35-/m1/s1. The van der Waals surface area contributed by atoms with Crippen LogP contribution in [0.2, 0.25) is 18.1 Å². The molecule has 0 bridgehead atoms. The first-order valence-corrected chi connectivity index (χ1v) is 19.8. The van der Waals surface area contributed by atoms with Crippen molar-refractivity contribution in [2.75, 3.05) is 19.8 Å². The van der Waals surface area contributed by atoms with E-state index < -0.39 is 8.32 Å². The van der Waals surface area contributed by atoms with Crippen molar-refractivity contribution in [2.45, 2.75) is 161 Å². The van der Waals surface area contributed by atoms with Crippen molar-refractivity contribution in [2.24, 2.45) is 0 Å². The maximum absolute atomic E-state index is 9.30. The minimum absolute atomic E-state index is 0.123. The molecule has 0 heterocycles. The van der Waals surface area contributed by atoms with Gasteiger partial charge in [-0.3, -0.25) is 0 Å². The maximum Gasteiger partial charge on any atom is 0.192 e. The fourth-order valence-electron chi connectivity index (χ4n) is 4.73. The smallest absolute Gasteiger partial charge is 0.192 e. The van der Waals surface area contributed by atoms with Crippen LogP contribution in [0, 0.1) is 17.9 Å². The number of hydrogen-bond donors (Lipinski definition) is 0. The number of benzene rings is 1. The fourth-order valence-corrected chi connectivity index (χ4v) is 5.77. The SMILES string of the molecule is [C-]#[N+]c1cc(C#N)cc(CO[C@H](COCCCCCCCCCCCCCCCCCC)CO[Si](C)(C)C(C)(C)C)c1. The zero-order chi connectivity index (χ0) is 31.1. The molecule has 0 saturated carbocycles. The third-order valence-electron chi connectivity index (χ3n) is 8.60. The van der Waals surface area contributed by atoms with E-state index in [4.69, 9.17) is 20.5 Å². The topological polar surface area (TPSA) is 55.8 Å². The van der Waals surface area contributed by atoms with Crippen LogP contribution in [0.15, 0.2) is 18.2 Å². The van der Waals surface area contributed by atoms with E-state index in [1.807, 2.05) is 0 Å². The molecule has 0 radical (unpaired) electrons. The Morgan fingerprint density at radius 2 is 1.33 bits per heavy atom. The molecule has 6 heteroatoms. The third kappa shape index (κ3) is 18.1. The van der Waals surface area contributed by atoms with Gasteiger partial charge in [-0.2, -0.15) is 5.26 Å². The van der Waals surface area contributed by atoms with Gasteiger partial charge >= 0.3 is 0 Å². The molecule has 1 atom stereocenters. The highest BCUT2D eigenvalue weighted by Gasteiger charge is 2.37. The number of rotatable bonds is 25. The number of unbranched alkanes of at least 4 members (excludes halogenated alkanes) is 15. The van der Waals surface area contributed by atoms with E-state index in [1.54, 1.807) is 18.2 Å². The molecule has 0 saturated heterocycles. The van der Waals surface area contributed by atoms with Gasteiger partial charge in [-0.1, -0.05) is 130 Å². The molecule has 0 fully saturated rings. The van der Waals surface area contributed by atoms with Crippen molar-refractivity contribution in [3.63, 3.8) is 0 Å². The summed E-state index contributed by atoms with van der Waals surface area (Å²) in [6, 6.07) is 7.32. The van der Waals surface area contributed by atoms with E-state index in [1.165, 1.54) is 96.3 Å². The first-order chi connectivity index (χ1) is 20.1. The highest BCUT2D eigenvalue weighted by Crippen LogP contribution is 2.36. The molecule has 1 aromatic rings. The minimum Gasteiger partial charge on any atom is -0.414 e. The lowest BCUT2D eigenvalue weighted by atomic mass is 10.0. The van der Waals surface area contributed by atoms with Gasteiger partial charge in [0, 0.05) is 12.2 Å². The molecule has 0 aliphatic carbocycles. The van der Waals surface area contributed by atoms with E-state index in [9.17, 15) is 5.26 Å². The van der Waals surface area contributed by atoms with Crippen LogP contribution >= 0.6 is 0 Å². The van der Waals surface area contributed by atoms with Crippen LogP contribution in [-0.2, 0) is 20.5 Å². The van der Waals surface area contributed by atoms with Gasteiger partial charge in [0.15, 0.2) is 14.0 Å². The van der Waals surface area contributed by atoms with E-state index in [0.29, 0.717) is 31.1 Å². The van der Waals surface area contributed by atoms with Crippen LogP contribution in [0.1, 0.15) is 142 Å². The summed E-state index contributed by atoms with van der Waals surface area (Å²) < 4.78 is 18.7. The van der Waals surface area contributed by atoms with Crippen LogP contribution in [0.25, 0.3) is 4.85 Å². The van der Waals surface area contributed by atoms with E-state index in [0.717, 1.165) is 18.6 Å². The van der Waals surface area contributed by atoms with E-state index in [-0.39, 0.29) is 11.1 Å². The summed E-state index contributed by atoms with van der Waals surface area (Å²) in [7, 11) is -1.92. The van der Waals surface area contributed by atoms with E-state index in [2.05, 4.69) is 51.7 Å².